The van der Waals surface area contributed by atoms with Crippen molar-refractivity contribution in [3.63, 3.8) is 0 Å². The monoisotopic (exact) mass is 309 g/mol. The molecule has 0 aliphatic carbocycles. The van der Waals surface area contributed by atoms with Crippen molar-refractivity contribution in [1.29, 1.82) is 0 Å². The minimum absolute atomic E-state index is 0.322. The van der Waals surface area contributed by atoms with Crippen molar-refractivity contribution in [2.45, 2.75) is 13.8 Å². The van der Waals surface area contributed by atoms with E-state index in [-0.39, 0.29) is 5.97 Å². The van der Waals surface area contributed by atoms with E-state index in [4.69, 9.17) is 4.74 Å². The number of likely N-dealkylation sites (N-methyl/N-ethyl adjacent to an activating group) is 1. The molecule has 114 valence electrons. The number of esters is 1. The minimum atomic E-state index is -0.322. The van der Waals surface area contributed by atoms with Crippen molar-refractivity contribution < 1.29 is 14.4 Å². The van der Waals surface area contributed by atoms with Crippen LogP contribution in [-0.4, -0.2) is 50.2 Å². The predicted octanol–water partition coefficient (Wildman–Crippen LogP) is 0.651. The first-order valence-electron chi connectivity index (χ1n) is 6.83. The first-order valence-corrected chi connectivity index (χ1v) is 7.64. The highest BCUT2D eigenvalue weighted by Crippen LogP contribution is 2.34. The maximum absolute atomic E-state index is 11.8. The Balaban J connectivity index is 2.44. The molecule has 0 fully saturated rings. The molecule has 7 heteroatoms. The number of ether oxygens (including phenoxy) is 1. The molecule has 0 saturated heterocycles. The van der Waals surface area contributed by atoms with Crippen LogP contribution in [0.15, 0.2) is 0 Å². The Kier molecular flexibility index (Phi) is 4.74. The SMILES string of the molecule is COC(=O)c1sc2nc(C)nc(NCC[NH+](C)C)c2c1C. The number of anilines is 1. The molecule has 6 nitrogen and oxygen atoms in total. The molecule has 0 unspecified atom stereocenters. The van der Waals surface area contributed by atoms with Gasteiger partial charge in [-0.15, -0.1) is 11.3 Å². The zero-order chi connectivity index (χ0) is 15.6. The summed E-state index contributed by atoms with van der Waals surface area (Å²) in [6, 6.07) is 0. The van der Waals surface area contributed by atoms with Gasteiger partial charge in [-0.2, -0.15) is 0 Å². The minimum Gasteiger partial charge on any atom is -0.465 e. The van der Waals surface area contributed by atoms with E-state index in [1.165, 1.54) is 23.3 Å². The molecule has 2 N–H and O–H groups in total. The Labute approximate surface area is 128 Å². The number of fused-ring (bicyclic) bond motifs is 1. The smallest absolute Gasteiger partial charge is 0.348 e. The number of carbonyl (C=O) groups excluding carboxylic acids is 1. The number of hydrogen-bond donors (Lipinski definition) is 2. The van der Waals surface area contributed by atoms with Gasteiger partial charge < -0.3 is 15.0 Å². The van der Waals surface area contributed by atoms with Crippen LogP contribution < -0.4 is 10.2 Å². The standard InChI is InChI=1S/C14H20N4O2S/c1-8-10-12(15-6-7-18(3)4)16-9(2)17-13(10)21-11(8)14(19)20-5/h6-7H2,1-5H3,(H,15,16,17)/p+1. The van der Waals surface area contributed by atoms with Crippen LogP contribution in [0.4, 0.5) is 5.82 Å². The third kappa shape index (κ3) is 3.30. The molecule has 0 aliphatic heterocycles. The molecule has 2 aromatic rings. The second-order valence-electron chi connectivity index (χ2n) is 5.23. The predicted molar refractivity (Wildman–Crippen MR) is 84.4 cm³/mol. The summed E-state index contributed by atoms with van der Waals surface area (Å²) in [7, 11) is 5.60. The Morgan fingerprint density at radius 2 is 2.05 bits per heavy atom. The van der Waals surface area contributed by atoms with Crippen molar-refractivity contribution in [3.8, 4) is 0 Å². The van der Waals surface area contributed by atoms with E-state index < -0.39 is 0 Å². The number of nitrogens with one attached hydrogen (secondary N) is 2. The van der Waals surface area contributed by atoms with Gasteiger partial charge in [0.25, 0.3) is 0 Å². The fraction of sp³-hybridized carbons (Fsp3) is 0.500. The van der Waals surface area contributed by atoms with Gasteiger partial charge in [0.15, 0.2) is 0 Å². The highest BCUT2D eigenvalue weighted by molar-refractivity contribution is 7.20. The third-order valence-corrected chi connectivity index (χ3v) is 4.36. The highest BCUT2D eigenvalue weighted by Gasteiger charge is 2.20. The van der Waals surface area contributed by atoms with Crippen molar-refractivity contribution in [3.05, 3.63) is 16.3 Å². The first kappa shape index (κ1) is 15.7. The van der Waals surface area contributed by atoms with Crippen molar-refractivity contribution in [1.82, 2.24) is 9.97 Å². The quantitative estimate of drug-likeness (QED) is 0.794. The van der Waals surface area contributed by atoms with Crippen LogP contribution in [0, 0.1) is 13.8 Å². The Morgan fingerprint density at radius 3 is 2.67 bits per heavy atom. The number of carbonyl (C=O) groups is 1. The van der Waals surface area contributed by atoms with E-state index in [1.807, 2.05) is 13.8 Å². The van der Waals surface area contributed by atoms with Crippen LogP contribution in [0.1, 0.15) is 21.1 Å². The van der Waals surface area contributed by atoms with Crippen LogP contribution in [0.25, 0.3) is 10.2 Å². The number of thiophene rings is 1. The van der Waals surface area contributed by atoms with Crippen molar-refractivity contribution >= 4 is 33.3 Å². The number of hydrogen-bond acceptors (Lipinski definition) is 6. The lowest BCUT2D eigenvalue weighted by Crippen LogP contribution is -3.06. The van der Waals surface area contributed by atoms with Gasteiger partial charge in [0, 0.05) is 0 Å². The highest BCUT2D eigenvalue weighted by atomic mass is 32.1. The maximum Gasteiger partial charge on any atom is 0.348 e. The molecule has 2 rings (SSSR count). The van der Waals surface area contributed by atoms with Gasteiger partial charge in [0.1, 0.15) is 21.3 Å². The van der Waals surface area contributed by atoms with E-state index in [2.05, 4.69) is 29.4 Å². The zero-order valence-corrected chi connectivity index (χ0v) is 13.8. The average Bonchev–Trinajstić information content (AvgIpc) is 2.74. The summed E-state index contributed by atoms with van der Waals surface area (Å²) < 4.78 is 4.83. The van der Waals surface area contributed by atoms with Crippen LogP contribution in [0.3, 0.4) is 0 Å². The van der Waals surface area contributed by atoms with Crippen LogP contribution >= 0.6 is 11.3 Å². The molecule has 0 radical (unpaired) electrons. The zero-order valence-electron chi connectivity index (χ0n) is 13.0. The molecule has 0 bridgehead atoms. The summed E-state index contributed by atoms with van der Waals surface area (Å²) in [6.45, 7) is 5.56. The molecule has 0 aromatic carbocycles. The second-order valence-corrected chi connectivity index (χ2v) is 6.23. The summed E-state index contributed by atoms with van der Waals surface area (Å²) in [4.78, 5) is 23.5. The Hall–Kier alpha value is -1.73. The molecule has 0 atom stereocenters. The van der Waals surface area contributed by atoms with Gasteiger partial charge in [-0.1, -0.05) is 0 Å². The summed E-state index contributed by atoms with van der Waals surface area (Å²) in [5, 5.41) is 4.27. The van der Waals surface area contributed by atoms with E-state index in [1.54, 1.807) is 0 Å². The van der Waals surface area contributed by atoms with Gasteiger partial charge in [-0.25, -0.2) is 14.8 Å². The number of aryl methyl sites for hydroxylation is 2. The molecule has 0 spiro atoms. The molecule has 0 amide bonds. The fourth-order valence-electron chi connectivity index (χ4n) is 2.09. The van der Waals surface area contributed by atoms with Gasteiger partial charge in [0.05, 0.1) is 39.7 Å². The maximum atomic E-state index is 11.8. The van der Waals surface area contributed by atoms with E-state index in [0.29, 0.717) is 10.7 Å². The summed E-state index contributed by atoms with van der Waals surface area (Å²) >= 11 is 1.35. The Bertz CT molecular complexity index is 667. The van der Waals surface area contributed by atoms with Crippen LogP contribution in [0.5, 0.6) is 0 Å². The van der Waals surface area contributed by atoms with Crippen molar-refractivity contribution in [2.75, 3.05) is 39.6 Å². The lowest BCUT2D eigenvalue weighted by molar-refractivity contribution is -0.856. The summed E-state index contributed by atoms with van der Waals surface area (Å²) in [6.07, 6.45) is 0. The lowest BCUT2D eigenvalue weighted by atomic mass is 10.2. The third-order valence-electron chi connectivity index (χ3n) is 3.19. The van der Waals surface area contributed by atoms with E-state index in [9.17, 15) is 4.79 Å². The van der Waals surface area contributed by atoms with Gasteiger partial charge in [0.2, 0.25) is 0 Å². The number of rotatable bonds is 5. The number of methoxy groups -OCH3 is 1. The van der Waals surface area contributed by atoms with Crippen LogP contribution in [0.2, 0.25) is 0 Å². The molecule has 0 saturated carbocycles. The second kappa shape index (κ2) is 6.36. The first-order chi connectivity index (χ1) is 9.93. The average molecular weight is 309 g/mol. The molecule has 0 aliphatic rings. The normalized spacial score (nSPS) is 11.1. The topological polar surface area (TPSA) is 68.5 Å². The molecule has 2 heterocycles. The van der Waals surface area contributed by atoms with Gasteiger partial charge in [-0.05, 0) is 19.4 Å². The van der Waals surface area contributed by atoms with Crippen LogP contribution in [-0.2, 0) is 4.74 Å². The van der Waals surface area contributed by atoms with E-state index >= 15 is 0 Å². The lowest BCUT2D eigenvalue weighted by Gasteiger charge is -2.10. The molecule has 21 heavy (non-hydrogen) atoms. The van der Waals surface area contributed by atoms with Crippen molar-refractivity contribution in [2.24, 2.45) is 0 Å². The molecule has 2 aromatic heterocycles. The summed E-state index contributed by atoms with van der Waals surface area (Å²) in [5.74, 6) is 1.17. The molecular weight excluding hydrogens is 288 g/mol. The Morgan fingerprint density at radius 1 is 1.33 bits per heavy atom. The number of nitrogens with zero attached hydrogens (tertiary/aromatic N) is 2. The molecular formula is C14H21N4O2S+. The number of quaternary nitrogens is 1. The summed E-state index contributed by atoms with van der Waals surface area (Å²) in [5.41, 5.74) is 0.876. The van der Waals surface area contributed by atoms with Gasteiger partial charge >= 0.3 is 5.97 Å². The fourth-order valence-corrected chi connectivity index (χ4v) is 3.24. The largest absolute Gasteiger partial charge is 0.465 e. The number of aromatic nitrogens is 2. The van der Waals surface area contributed by atoms with E-state index in [0.717, 1.165) is 34.7 Å². The van der Waals surface area contributed by atoms with Gasteiger partial charge in [-0.3, -0.25) is 0 Å².